The van der Waals surface area contributed by atoms with Crippen molar-refractivity contribution in [3.8, 4) is 0 Å². The minimum atomic E-state index is -1.04. The number of nitrogens with one attached hydrogen (secondary N) is 2. The molecule has 0 spiro atoms. The summed E-state index contributed by atoms with van der Waals surface area (Å²) in [6.07, 6.45) is 2.14. The number of carbonyl (C=O) groups is 2. The lowest BCUT2D eigenvalue weighted by molar-refractivity contribution is -0.145. The second-order valence-electron chi connectivity index (χ2n) is 6.55. The van der Waals surface area contributed by atoms with Crippen molar-refractivity contribution < 1.29 is 19.4 Å². The van der Waals surface area contributed by atoms with Crippen LogP contribution in [-0.4, -0.2) is 49.3 Å². The Hall–Kier alpha value is -1.92. The van der Waals surface area contributed by atoms with E-state index in [0.29, 0.717) is 0 Å². The Kier molecular flexibility index (Phi) is 6.34. The zero-order valence-corrected chi connectivity index (χ0v) is 14.2. The quantitative estimate of drug-likeness (QED) is 0.665. The van der Waals surface area contributed by atoms with Crippen molar-refractivity contribution in [2.45, 2.75) is 38.3 Å². The van der Waals surface area contributed by atoms with Gasteiger partial charge in [-0.2, -0.15) is 0 Å². The molecule has 0 aromatic heterocycles. The molecule has 0 saturated carbocycles. The second kappa shape index (κ2) is 8.26. The highest BCUT2D eigenvalue weighted by Crippen LogP contribution is 2.28. The monoisotopic (exact) mass is 334 g/mol. The van der Waals surface area contributed by atoms with Gasteiger partial charge in [0.15, 0.2) is 0 Å². The zero-order chi connectivity index (χ0) is 17.6. The van der Waals surface area contributed by atoms with Crippen LogP contribution in [0, 0.1) is 5.41 Å². The van der Waals surface area contributed by atoms with E-state index in [2.05, 4.69) is 10.6 Å². The summed E-state index contributed by atoms with van der Waals surface area (Å²) in [5.74, 6) is -1.32. The van der Waals surface area contributed by atoms with E-state index in [0.717, 1.165) is 24.9 Å². The summed E-state index contributed by atoms with van der Waals surface area (Å²) in [5, 5.41) is 15.5. The molecule has 6 heteroatoms. The molecule has 3 atom stereocenters. The van der Waals surface area contributed by atoms with Crippen molar-refractivity contribution >= 4 is 11.9 Å². The number of hydrogen-bond acceptors (Lipinski definition) is 4. The largest absolute Gasteiger partial charge is 0.480 e. The van der Waals surface area contributed by atoms with Crippen molar-refractivity contribution in [2.24, 2.45) is 5.41 Å². The van der Waals surface area contributed by atoms with Crippen molar-refractivity contribution in [1.82, 2.24) is 10.6 Å². The van der Waals surface area contributed by atoms with Crippen LogP contribution in [0.1, 0.15) is 25.3 Å². The van der Waals surface area contributed by atoms with Gasteiger partial charge in [0.25, 0.3) is 0 Å². The molecule has 0 bridgehead atoms. The second-order valence-corrected chi connectivity index (χ2v) is 6.55. The van der Waals surface area contributed by atoms with Gasteiger partial charge in [-0.1, -0.05) is 30.3 Å². The average Bonchev–Trinajstić information content (AvgIpc) is 3.10. The summed E-state index contributed by atoms with van der Waals surface area (Å²) < 4.78 is 5.25. The SMILES string of the molecule is COC[C@](C)(C(=O)N[C@@H](Cc1ccccc1)C(=O)O)[C@@H]1CCCN1. The predicted octanol–water partition coefficient (Wildman–Crippen LogP) is 1.20. The van der Waals surface area contributed by atoms with Crippen LogP contribution in [-0.2, 0) is 20.7 Å². The van der Waals surface area contributed by atoms with Gasteiger partial charge in [-0.15, -0.1) is 0 Å². The maximum atomic E-state index is 12.9. The Morgan fingerprint density at radius 2 is 2.12 bits per heavy atom. The summed E-state index contributed by atoms with van der Waals surface area (Å²) in [7, 11) is 1.55. The number of carboxylic acids is 1. The first-order valence-corrected chi connectivity index (χ1v) is 8.27. The lowest BCUT2D eigenvalue weighted by Crippen LogP contribution is -2.56. The first kappa shape index (κ1) is 18.4. The summed E-state index contributed by atoms with van der Waals surface area (Å²) in [6, 6.07) is 8.32. The summed E-state index contributed by atoms with van der Waals surface area (Å²) in [6.45, 7) is 2.94. The average molecular weight is 334 g/mol. The molecule has 1 aromatic rings. The molecule has 1 fully saturated rings. The number of hydrogen-bond donors (Lipinski definition) is 3. The van der Waals surface area contributed by atoms with Crippen LogP contribution in [0.3, 0.4) is 0 Å². The van der Waals surface area contributed by atoms with Crippen molar-refractivity contribution in [2.75, 3.05) is 20.3 Å². The Morgan fingerprint density at radius 1 is 1.42 bits per heavy atom. The van der Waals surface area contributed by atoms with E-state index < -0.39 is 17.4 Å². The van der Waals surface area contributed by atoms with Gasteiger partial charge in [0, 0.05) is 19.6 Å². The van der Waals surface area contributed by atoms with E-state index in [1.165, 1.54) is 0 Å². The van der Waals surface area contributed by atoms with Gasteiger partial charge >= 0.3 is 5.97 Å². The van der Waals surface area contributed by atoms with Crippen LogP contribution in [0.5, 0.6) is 0 Å². The van der Waals surface area contributed by atoms with Crippen molar-refractivity contribution in [3.63, 3.8) is 0 Å². The van der Waals surface area contributed by atoms with Gasteiger partial charge in [-0.05, 0) is 31.9 Å². The third-order valence-corrected chi connectivity index (χ3v) is 4.68. The molecule has 6 nitrogen and oxygen atoms in total. The number of amides is 1. The Balaban J connectivity index is 2.11. The number of carboxylic acid groups (broad SMARTS) is 1. The van der Waals surface area contributed by atoms with E-state index >= 15 is 0 Å². The molecule has 0 radical (unpaired) electrons. The van der Waals surface area contributed by atoms with Gasteiger partial charge in [-0.25, -0.2) is 4.79 Å². The molecule has 1 saturated heterocycles. The molecular formula is C18H26N2O4. The summed E-state index contributed by atoms with van der Waals surface area (Å²) in [5.41, 5.74) is 0.0768. The molecule has 2 rings (SSSR count). The molecule has 132 valence electrons. The van der Waals surface area contributed by atoms with Gasteiger partial charge in [0.2, 0.25) is 5.91 Å². The Bertz CT molecular complexity index is 557. The fourth-order valence-corrected chi connectivity index (χ4v) is 3.23. The molecule has 1 aliphatic rings. The van der Waals surface area contributed by atoms with E-state index in [9.17, 15) is 14.7 Å². The molecule has 3 N–H and O–H groups in total. The number of methoxy groups -OCH3 is 1. The fourth-order valence-electron chi connectivity index (χ4n) is 3.23. The lowest BCUT2D eigenvalue weighted by Gasteiger charge is -2.34. The number of rotatable bonds is 8. The molecule has 24 heavy (non-hydrogen) atoms. The van der Waals surface area contributed by atoms with E-state index in [1.807, 2.05) is 37.3 Å². The molecule has 1 heterocycles. The summed E-state index contributed by atoms with van der Waals surface area (Å²) >= 11 is 0. The summed E-state index contributed by atoms with van der Waals surface area (Å²) in [4.78, 5) is 24.4. The van der Waals surface area contributed by atoms with Gasteiger partial charge < -0.3 is 20.5 Å². The van der Waals surface area contributed by atoms with Gasteiger partial charge in [0.1, 0.15) is 6.04 Å². The van der Waals surface area contributed by atoms with Gasteiger partial charge in [0.05, 0.1) is 12.0 Å². The molecule has 1 amide bonds. The Morgan fingerprint density at radius 3 is 2.67 bits per heavy atom. The molecule has 0 aliphatic carbocycles. The van der Waals surface area contributed by atoms with E-state index in [-0.39, 0.29) is 25.0 Å². The fraction of sp³-hybridized carbons (Fsp3) is 0.556. The smallest absolute Gasteiger partial charge is 0.326 e. The third-order valence-electron chi connectivity index (χ3n) is 4.68. The maximum absolute atomic E-state index is 12.9. The molecule has 1 aromatic carbocycles. The predicted molar refractivity (Wildman–Crippen MR) is 90.7 cm³/mol. The normalized spacial score (nSPS) is 21.0. The molecular weight excluding hydrogens is 308 g/mol. The van der Waals surface area contributed by atoms with Crippen LogP contribution in [0.2, 0.25) is 0 Å². The topological polar surface area (TPSA) is 87.7 Å². The highest BCUT2D eigenvalue weighted by Gasteiger charge is 2.43. The first-order chi connectivity index (χ1) is 11.5. The zero-order valence-electron chi connectivity index (χ0n) is 14.2. The highest BCUT2D eigenvalue weighted by molar-refractivity contribution is 5.88. The standard InChI is InChI=1S/C18H26N2O4/c1-18(12-24-2,15-9-6-10-19-15)17(23)20-14(16(21)22)11-13-7-4-3-5-8-13/h3-5,7-8,14-15,19H,6,9-12H2,1-2H3,(H,20,23)(H,21,22)/t14-,15-,18-/m0/s1. The minimum absolute atomic E-state index is 0.0105. The minimum Gasteiger partial charge on any atom is -0.480 e. The van der Waals surface area contributed by atoms with Crippen LogP contribution < -0.4 is 10.6 Å². The van der Waals surface area contributed by atoms with Crippen molar-refractivity contribution in [3.05, 3.63) is 35.9 Å². The number of aliphatic carboxylic acids is 1. The van der Waals surface area contributed by atoms with Crippen LogP contribution in [0.25, 0.3) is 0 Å². The maximum Gasteiger partial charge on any atom is 0.326 e. The van der Waals surface area contributed by atoms with Crippen LogP contribution in [0.4, 0.5) is 0 Å². The third kappa shape index (κ3) is 4.33. The van der Waals surface area contributed by atoms with E-state index in [1.54, 1.807) is 7.11 Å². The Labute approximate surface area is 142 Å². The lowest BCUT2D eigenvalue weighted by atomic mass is 9.80. The number of benzene rings is 1. The molecule has 1 aliphatic heterocycles. The molecule has 0 unspecified atom stereocenters. The van der Waals surface area contributed by atoms with Crippen LogP contribution in [0.15, 0.2) is 30.3 Å². The highest BCUT2D eigenvalue weighted by atomic mass is 16.5. The number of ether oxygens (including phenoxy) is 1. The van der Waals surface area contributed by atoms with Crippen molar-refractivity contribution in [1.29, 1.82) is 0 Å². The van der Waals surface area contributed by atoms with Crippen LogP contribution >= 0.6 is 0 Å². The van der Waals surface area contributed by atoms with Gasteiger partial charge in [-0.3, -0.25) is 4.79 Å². The first-order valence-electron chi connectivity index (χ1n) is 8.27. The van der Waals surface area contributed by atoms with E-state index in [4.69, 9.17) is 4.74 Å². The number of carbonyl (C=O) groups excluding carboxylic acids is 1.